The van der Waals surface area contributed by atoms with Crippen molar-refractivity contribution in [2.24, 2.45) is 5.73 Å². The second-order valence-electron chi connectivity index (χ2n) is 3.55. The number of benzene rings is 1. The lowest BCUT2D eigenvalue weighted by Gasteiger charge is -2.17. The molecule has 0 aliphatic heterocycles. The van der Waals surface area contributed by atoms with E-state index in [0.717, 1.165) is 18.5 Å². The Bertz CT molecular complexity index is 324. The zero-order valence-corrected chi connectivity index (χ0v) is 9.03. The highest BCUT2D eigenvalue weighted by Crippen LogP contribution is 2.11. The maximum atomic E-state index is 8.65. The minimum atomic E-state index is 0.322. The first-order valence-electron chi connectivity index (χ1n) is 5.27. The van der Waals surface area contributed by atoms with Crippen molar-refractivity contribution >= 4 is 5.69 Å². The Morgan fingerprint density at radius 3 is 2.53 bits per heavy atom. The second-order valence-corrected chi connectivity index (χ2v) is 3.55. The van der Waals surface area contributed by atoms with Crippen LogP contribution in [0, 0.1) is 11.3 Å². The SMILES string of the molecule is CCCC(CN)Nc1ccc(C#N)cc1. The van der Waals surface area contributed by atoms with E-state index in [2.05, 4.69) is 18.3 Å². The molecule has 1 aromatic rings. The van der Waals surface area contributed by atoms with Crippen molar-refractivity contribution in [3.05, 3.63) is 29.8 Å². The molecule has 3 heteroatoms. The fourth-order valence-corrected chi connectivity index (χ4v) is 1.47. The molecule has 3 N–H and O–H groups in total. The third-order valence-electron chi connectivity index (χ3n) is 2.31. The average molecular weight is 203 g/mol. The van der Waals surface area contributed by atoms with Gasteiger partial charge in [0.15, 0.2) is 0 Å². The van der Waals surface area contributed by atoms with E-state index in [-0.39, 0.29) is 0 Å². The fraction of sp³-hybridized carbons (Fsp3) is 0.417. The second kappa shape index (κ2) is 6.05. The maximum Gasteiger partial charge on any atom is 0.0991 e. The first kappa shape index (κ1) is 11.5. The summed E-state index contributed by atoms with van der Waals surface area (Å²) in [4.78, 5) is 0. The highest BCUT2D eigenvalue weighted by Gasteiger charge is 2.04. The number of hydrogen-bond acceptors (Lipinski definition) is 3. The van der Waals surface area contributed by atoms with Gasteiger partial charge in [-0.3, -0.25) is 0 Å². The molecule has 3 nitrogen and oxygen atoms in total. The van der Waals surface area contributed by atoms with Crippen molar-refractivity contribution in [2.45, 2.75) is 25.8 Å². The van der Waals surface area contributed by atoms with Gasteiger partial charge < -0.3 is 11.1 Å². The summed E-state index contributed by atoms with van der Waals surface area (Å²) in [5.41, 5.74) is 7.35. The Kier molecular flexibility index (Phi) is 4.65. The standard InChI is InChI=1S/C12H17N3/c1-2-3-12(9-14)15-11-6-4-10(8-13)5-7-11/h4-7,12,15H,2-3,9,14H2,1H3. The summed E-state index contributed by atoms with van der Waals surface area (Å²) in [6.07, 6.45) is 2.18. The van der Waals surface area contributed by atoms with Gasteiger partial charge in [-0.25, -0.2) is 0 Å². The van der Waals surface area contributed by atoms with E-state index < -0.39 is 0 Å². The van der Waals surface area contributed by atoms with Gasteiger partial charge in [0.2, 0.25) is 0 Å². The molecule has 0 aliphatic rings. The largest absolute Gasteiger partial charge is 0.381 e. The van der Waals surface area contributed by atoms with Gasteiger partial charge in [-0.15, -0.1) is 0 Å². The van der Waals surface area contributed by atoms with E-state index >= 15 is 0 Å². The Balaban J connectivity index is 2.59. The Hall–Kier alpha value is -1.53. The third kappa shape index (κ3) is 3.61. The number of nitrogens with one attached hydrogen (secondary N) is 1. The fourth-order valence-electron chi connectivity index (χ4n) is 1.47. The molecule has 0 heterocycles. The zero-order valence-electron chi connectivity index (χ0n) is 9.03. The van der Waals surface area contributed by atoms with Crippen LogP contribution in [0.3, 0.4) is 0 Å². The molecule has 0 amide bonds. The topological polar surface area (TPSA) is 61.8 Å². The van der Waals surface area contributed by atoms with Gasteiger partial charge in [-0.1, -0.05) is 13.3 Å². The summed E-state index contributed by atoms with van der Waals surface area (Å²) in [6, 6.07) is 9.86. The van der Waals surface area contributed by atoms with Crippen molar-refractivity contribution in [1.82, 2.24) is 0 Å². The molecule has 0 spiro atoms. The van der Waals surface area contributed by atoms with Crippen LogP contribution in [0.1, 0.15) is 25.3 Å². The van der Waals surface area contributed by atoms with Crippen molar-refractivity contribution < 1.29 is 0 Å². The van der Waals surface area contributed by atoms with Gasteiger partial charge in [-0.05, 0) is 30.7 Å². The number of rotatable bonds is 5. The van der Waals surface area contributed by atoms with Crippen LogP contribution in [-0.2, 0) is 0 Å². The van der Waals surface area contributed by atoms with Gasteiger partial charge in [0, 0.05) is 18.3 Å². The van der Waals surface area contributed by atoms with Gasteiger partial charge >= 0.3 is 0 Å². The van der Waals surface area contributed by atoms with Crippen LogP contribution in [-0.4, -0.2) is 12.6 Å². The van der Waals surface area contributed by atoms with Crippen LogP contribution in [0.5, 0.6) is 0 Å². The lowest BCUT2D eigenvalue weighted by Crippen LogP contribution is -2.28. The normalized spacial score (nSPS) is 11.8. The summed E-state index contributed by atoms with van der Waals surface area (Å²) in [5, 5.41) is 12.0. The molecule has 0 saturated carbocycles. The Labute approximate surface area is 90.9 Å². The maximum absolute atomic E-state index is 8.65. The van der Waals surface area contributed by atoms with Crippen LogP contribution in [0.15, 0.2) is 24.3 Å². The smallest absolute Gasteiger partial charge is 0.0991 e. The van der Waals surface area contributed by atoms with Crippen molar-refractivity contribution in [1.29, 1.82) is 5.26 Å². The molecule has 1 aromatic carbocycles. The quantitative estimate of drug-likeness (QED) is 0.770. The molecule has 0 aliphatic carbocycles. The molecule has 0 bridgehead atoms. The summed E-state index contributed by atoms with van der Waals surface area (Å²) >= 11 is 0. The van der Waals surface area contributed by atoms with E-state index in [1.807, 2.05) is 24.3 Å². The molecule has 1 rings (SSSR count). The van der Waals surface area contributed by atoms with Crippen LogP contribution in [0.2, 0.25) is 0 Å². The van der Waals surface area contributed by atoms with Gasteiger partial charge in [0.05, 0.1) is 11.6 Å². The lowest BCUT2D eigenvalue weighted by atomic mass is 10.1. The van der Waals surface area contributed by atoms with Gasteiger partial charge in [0.1, 0.15) is 0 Å². The monoisotopic (exact) mass is 203 g/mol. The summed E-state index contributed by atoms with van der Waals surface area (Å²) in [7, 11) is 0. The highest BCUT2D eigenvalue weighted by atomic mass is 14.9. The van der Waals surface area contributed by atoms with Crippen LogP contribution < -0.4 is 11.1 Å². The molecule has 15 heavy (non-hydrogen) atoms. The predicted octanol–water partition coefficient (Wildman–Crippen LogP) is 2.10. The van der Waals surface area contributed by atoms with Gasteiger partial charge in [0.25, 0.3) is 0 Å². The van der Waals surface area contributed by atoms with Crippen molar-refractivity contribution in [3.63, 3.8) is 0 Å². The predicted molar refractivity (Wildman–Crippen MR) is 62.5 cm³/mol. The molecule has 1 atom stereocenters. The molecule has 80 valence electrons. The first-order valence-corrected chi connectivity index (χ1v) is 5.27. The first-order chi connectivity index (χ1) is 7.30. The average Bonchev–Trinajstić information content (AvgIpc) is 2.29. The zero-order chi connectivity index (χ0) is 11.1. The number of nitrogens with two attached hydrogens (primary N) is 1. The summed E-state index contributed by atoms with van der Waals surface area (Å²) < 4.78 is 0. The van der Waals surface area contributed by atoms with E-state index in [1.54, 1.807) is 0 Å². The Morgan fingerprint density at radius 1 is 1.40 bits per heavy atom. The highest BCUT2D eigenvalue weighted by molar-refractivity contribution is 5.47. The van der Waals surface area contributed by atoms with E-state index in [9.17, 15) is 0 Å². The molecule has 0 aromatic heterocycles. The molecular weight excluding hydrogens is 186 g/mol. The van der Waals surface area contributed by atoms with Gasteiger partial charge in [-0.2, -0.15) is 5.26 Å². The van der Waals surface area contributed by atoms with Crippen molar-refractivity contribution in [3.8, 4) is 6.07 Å². The number of hydrogen-bond donors (Lipinski definition) is 2. The van der Waals surface area contributed by atoms with E-state index in [1.165, 1.54) is 0 Å². The molecule has 0 saturated heterocycles. The molecular formula is C12H17N3. The van der Waals surface area contributed by atoms with Crippen LogP contribution in [0.4, 0.5) is 5.69 Å². The summed E-state index contributed by atoms with van der Waals surface area (Å²) in [6.45, 7) is 2.77. The minimum absolute atomic E-state index is 0.322. The van der Waals surface area contributed by atoms with Crippen molar-refractivity contribution in [2.75, 3.05) is 11.9 Å². The summed E-state index contributed by atoms with van der Waals surface area (Å²) in [5.74, 6) is 0. The van der Waals surface area contributed by atoms with Crippen LogP contribution in [0.25, 0.3) is 0 Å². The minimum Gasteiger partial charge on any atom is -0.381 e. The molecule has 0 radical (unpaired) electrons. The molecule has 1 unspecified atom stereocenters. The van der Waals surface area contributed by atoms with E-state index in [0.29, 0.717) is 18.2 Å². The van der Waals surface area contributed by atoms with Crippen LogP contribution >= 0.6 is 0 Å². The Morgan fingerprint density at radius 2 is 2.07 bits per heavy atom. The van der Waals surface area contributed by atoms with E-state index in [4.69, 9.17) is 11.0 Å². The number of nitriles is 1. The lowest BCUT2D eigenvalue weighted by molar-refractivity contribution is 0.648. The molecule has 0 fully saturated rings. The number of anilines is 1. The third-order valence-corrected chi connectivity index (χ3v) is 2.31. The number of nitrogens with zero attached hydrogens (tertiary/aromatic N) is 1.